The number of nitrogens with two attached hydrogens (primary N) is 4. The van der Waals surface area contributed by atoms with Crippen molar-refractivity contribution in [1.29, 1.82) is 0 Å². The molecule has 0 spiro atoms. The Kier molecular flexibility index (Phi) is 10.6. The number of rotatable bonds is 14. The number of nitrogens with zero attached hydrogens (tertiary/aromatic N) is 2. The zero-order chi connectivity index (χ0) is 28.5. The first-order valence-corrected chi connectivity index (χ1v) is 13.5. The van der Waals surface area contributed by atoms with E-state index in [2.05, 4.69) is 4.99 Å². The molecule has 8 N–H and O–H groups in total. The third-order valence-corrected chi connectivity index (χ3v) is 7.27. The fourth-order valence-corrected chi connectivity index (χ4v) is 5.33. The summed E-state index contributed by atoms with van der Waals surface area (Å²) in [4.78, 5) is 56.8. The van der Waals surface area contributed by atoms with Gasteiger partial charge in [-0.2, -0.15) is 0 Å². The molecule has 1 heterocycles. The van der Waals surface area contributed by atoms with Gasteiger partial charge in [0.15, 0.2) is 11.7 Å². The molecular weight excluding hydrogens is 496 g/mol. The Morgan fingerprint density at radius 2 is 1.69 bits per heavy atom. The number of Topliss-reactive ketones (excluding diaryl/α,β-unsaturated/α-hetero) is 2. The quantitative estimate of drug-likeness (QED) is 0.159. The molecule has 10 nitrogen and oxygen atoms in total. The van der Waals surface area contributed by atoms with Crippen molar-refractivity contribution in [1.82, 2.24) is 4.90 Å². The number of benzene rings is 2. The summed E-state index contributed by atoms with van der Waals surface area (Å²) in [6, 6.07) is 12.8. The molecule has 1 aliphatic heterocycles. The number of carbonyl (C=O) groups is 4. The molecule has 0 aromatic heterocycles. The summed E-state index contributed by atoms with van der Waals surface area (Å²) < 4.78 is 0. The van der Waals surface area contributed by atoms with Crippen molar-refractivity contribution in [2.24, 2.45) is 39.8 Å². The van der Waals surface area contributed by atoms with Crippen LogP contribution in [0.5, 0.6) is 0 Å². The van der Waals surface area contributed by atoms with Gasteiger partial charge in [-0.05, 0) is 48.9 Å². The van der Waals surface area contributed by atoms with Crippen LogP contribution < -0.4 is 22.9 Å². The summed E-state index contributed by atoms with van der Waals surface area (Å²) in [5, 5.41) is 2.14. The molecule has 1 fully saturated rings. The lowest BCUT2D eigenvalue weighted by atomic mass is 9.90. The minimum absolute atomic E-state index is 0.00246. The highest BCUT2D eigenvalue weighted by molar-refractivity contribution is 5.94. The van der Waals surface area contributed by atoms with Crippen LogP contribution in [0, 0.1) is 11.8 Å². The Morgan fingerprint density at radius 1 is 0.974 bits per heavy atom. The fraction of sp³-hybridized carbons (Fsp3) is 0.483. The van der Waals surface area contributed by atoms with Gasteiger partial charge >= 0.3 is 0 Å². The van der Waals surface area contributed by atoms with Gasteiger partial charge in [0.1, 0.15) is 5.78 Å². The third kappa shape index (κ3) is 8.61. The summed E-state index contributed by atoms with van der Waals surface area (Å²) in [5.74, 6) is -2.44. The summed E-state index contributed by atoms with van der Waals surface area (Å²) in [5.41, 5.74) is 23.4. The zero-order valence-corrected chi connectivity index (χ0v) is 22.6. The lowest BCUT2D eigenvalue weighted by molar-refractivity contribution is -0.142. The molecule has 39 heavy (non-hydrogen) atoms. The summed E-state index contributed by atoms with van der Waals surface area (Å²) in [6.45, 7) is 2.11. The van der Waals surface area contributed by atoms with Crippen molar-refractivity contribution in [3.05, 3.63) is 48.0 Å². The number of amides is 2. The van der Waals surface area contributed by atoms with Crippen molar-refractivity contribution < 1.29 is 19.2 Å². The van der Waals surface area contributed by atoms with Crippen LogP contribution in [0.4, 0.5) is 0 Å². The molecule has 0 bridgehead atoms. The number of likely N-dealkylation sites (tertiary alicyclic amines) is 1. The minimum atomic E-state index is -0.748. The standard InChI is InChI=1S/C29H40N6O4/c1-18(36)12-23(14-19-9-10-20-6-2-3-7-21(20)13-19)28(39)35-17-24(30)16-25(35)26(37)15-22(27(31)38)8-4-5-11-34-29(32)33/h2-3,6-7,9-10,13,22-25H,4-5,8,11-12,14-17,30H2,1H3,(H2,31,38)(H4,32,33,34)/t22-,23+,24+,25+/m1/s1. The molecule has 0 aliphatic carbocycles. The maximum atomic E-state index is 13.8. The predicted molar refractivity (Wildman–Crippen MR) is 151 cm³/mol. The first-order chi connectivity index (χ1) is 18.5. The Hall–Kier alpha value is -3.79. The van der Waals surface area contributed by atoms with E-state index in [-0.39, 0.29) is 48.9 Å². The second kappa shape index (κ2) is 13.8. The van der Waals surface area contributed by atoms with E-state index in [1.165, 1.54) is 11.8 Å². The van der Waals surface area contributed by atoms with Crippen LogP contribution in [0.3, 0.4) is 0 Å². The lowest BCUT2D eigenvalue weighted by Gasteiger charge is -2.28. The number of ketones is 2. The SMILES string of the molecule is CC(=O)C[C@@H](Cc1ccc2ccccc2c1)C(=O)N1C[C@@H](N)C[C@H]1C(=O)C[C@@H](CCCCN=C(N)N)C(N)=O. The van der Waals surface area contributed by atoms with Crippen LogP contribution >= 0.6 is 0 Å². The van der Waals surface area contributed by atoms with E-state index in [4.69, 9.17) is 22.9 Å². The van der Waals surface area contributed by atoms with Crippen molar-refractivity contribution >= 4 is 40.1 Å². The average molecular weight is 537 g/mol. The van der Waals surface area contributed by atoms with Crippen LogP contribution in [0.25, 0.3) is 10.8 Å². The molecule has 1 aliphatic rings. The first-order valence-electron chi connectivity index (χ1n) is 13.5. The van der Waals surface area contributed by atoms with Crippen LogP contribution in [0.2, 0.25) is 0 Å². The van der Waals surface area contributed by atoms with Crippen molar-refractivity contribution in [2.75, 3.05) is 13.1 Å². The maximum absolute atomic E-state index is 13.8. The van der Waals surface area contributed by atoms with Gasteiger partial charge in [0, 0.05) is 43.8 Å². The van der Waals surface area contributed by atoms with E-state index < -0.39 is 23.8 Å². The van der Waals surface area contributed by atoms with Gasteiger partial charge in [0.25, 0.3) is 0 Å². The van der Waals surface area contributed by atoms with E-state index >= 15 is 0 Å². The highest BCUT2D eigenvalue weighted by atomic mass is 16.2. The molecular formula is C29H40N6O4. The van der Waals surface area contributed by atoms with Gasteiger partial charge in [-0.25, -0.2) is 0 Å². The van der Waals surface area contributed by atoms with Crippen LogP contribution in [-0.2, 0) is 25.6 Å². The molecule has 4 atom stereocenters. The van der Waals surface area contributed by atoms with Gasteiger partial charge in [0.2, 0.25) is 11.8 Å². The number of hydrogen-bond acceptors (Lipinski definition) is 6. The van der Waals surface area contributed by atoms with E-state index in [1.807, 2.05) is 42.5 Å². The smallest absolute Gasteiger partial charge is 0.227 e. The van der Waals surface area contributed by atoms with Crippen LogP contribution in [0.15, 0.2) is 47.5 Å². The van der Waals surface area contributed by atoms with Crippen molar-refractivity contribution in [2.45, 2.75) is 64.0 Å². The predicted octanol–water partition coefficient (Wildman–Crippen LogP) is 1.41. The Balaban J connectivity index is 1.72. The number of aliphatic imine (C=N–C) groups is 1. The van der Waals surface area contributed by atoms with E-state index in [0.717, 1.165) is 16.3 Å². The zero-order valence-electron chi connectivity index (χ0n) is 22.6. The Bertz CT molecular complexity index is 1230. The lowest BCUT2D eigenvalue weighted by Crippen LogP contribution is -2.45. The molecule has 0 saturated carbocycles. The largest absolute Gasteiger partial charge is 0.370 e. The van der Waals surface area contributed by atoms with Gasteiger partial charge in [0.05, 0.1) is 6.04 Å². The normalized spacial score (nSPS) is 18.5. The van der Waals surface area contributed by atoms with Crippen molar-refractivity contribution in [3.63, 3.8) is 0 Å². The highest BCUT2D eigenvalue weighted by Crippen LogP contribution is 2.27. The minimum Gasteiger partial charge on any atom is -0.370 e. The average Bonchev–Trinajstić information content (AvgIpc) is 3.28. The van der Waals surface area contributed by atoms with Gasteiger partial charge in [-0.15, -0.1) is 0 Å². The molecule has 2 aromatic carbocycles. The highest BCUT2D eigenvalue weighted by Gasteiger charge is 2.41. The number of fused-ring (bicyclic) bond motifs is 1. The summed E-state index contributed by atoms with van der Waals surface area (Å²) in [7, 11) is 0. The summed E-state index contributed by atoms with van der Waals surface area (Å²) >= 11 is 0. The molecule has 2 amide bonds. The molecule has 3 rings (SSSR count). The molecule has 1 saturated heterocycles. The molecule has 10 heteroatoms. The summed E-state index contributed by atoms with van der Waals surface area (Å²) in [6.07, 6.45) is 2.37. The second-order valence-corrected chi connectivity index (χ2v) is 10.6. The third-order valence-electron chi connectivity index (χ3n) is 7.27. The number of carbonyl (C=O) groups excluding carboxylic acids is 4. The second-order valence-electron chi connectivity index (χ2n) is 10.6. The Morgan fingerprint density at radius 3 is 2.36 bits per heavy atom. The van der Waals surface area contributed by atoms with E-state index in [0.29, 0.717) is 38.6 Å². The van der Waals surface area contributed by atoms with Crippen LogP contribution in [-0.4, -0.2) is 59.4 Å². The number of guanidine groups is 1. The number of unbranched alkanes of at least 4 members (excludes halogenated alkanes) is 1. The van der Waals surface area contributed by atoms with E-state index in [9.17, 15) is 19.2 Å². The molecule has 0 radical (unpaired) electrons. The molecule has 210 valence electrons. The Labute approximate surface area is 229 Å². The topological polar surface area (TPSA) is 188 Å². The number of hydrogen-bond donors (Lipinski definition) is 4. The first kappa shape index (κ1) is 29.8. The molecule has 0 unspecified atom stereocenters. The van der Waals surface area contributed by atoms with Crippen molar-refractivity contribution in [3.8, 4) is 0 Å². The van der Waals surface area contributed by atoms with Gasteiger partial charge in [-0.3, -0.25) is 19.4 Å². The number of primary amides is 1. The van der Waals surface area contributed by atoms with Crippen LogP contribution in [0.1, 0.15) is 51.0 Å². The van der Waals surface area contributed by atoms with E-state index in [1.54, 1.807) is 0 Å². The fourth-order valence-electron chi connectivity index (χ4n) is 5.33. The van der Waals surface area contributed by atoms with Gasteiger partial charge in [-0.1, -0.05) is 48.9 Å². The monoisotopic (exact) mass is 536 g/mol. The molecule has 2 aromatic rings. The maximum Gasteiger partial charge on any atom is 0.227 e. The van der Waals surface area contributed by atoms with Gasteiger partial charge < -0.3 is 32.6 Å².